The second kappa shape index (κ2) is 14.9. The molecule has 11 nitrogen and oxygen atoms in total. The molecule has 2 saturated heterocycles. The first-order valence-corrected chi connectivity index (χ1v) is 14.5. The molecule has 0 saturated carbocycles. The molecule has 2 heterocycles. The number of nitrogens with one attached hydrogen (secondary N) is 1. The first-order chi connectivity index (χ1) is 20.2. The molecule has 2 aromatic rings. The summed E-state index contributed by atoms with van der Waals surface area (Å²) in [5.74, 6) is -1.48. The minimum atomic E-state index is -0.626. The Hall–Kier alpha value is -3.87. The van der Waals surface area contributed by atoms with Crippen molar-refractivity contribution in [1.82, 2.24) is 9.80 Å². The zero-order valence-electron chi connectivity index (χ0n) is 22.9. The van der Waals surface area contributed by atoms with E-state index < -0.39 is 29.6 Å². The number of hydrogen-bond donors (Lipinski definition) is 1. The summed E-state index contributed by atoms with van der Waals surface area (Å²) in [7, 11) is 0. The molecule has 0 unspecified atom stereocenters. The van der Waals surface area contributed by atoms with E-state index in [0.29, 0.717) is 44.0 Å². The minimum Gasteiger partial charge on any atom is -0.484 e. The third kappa shape index (κ3) is 8.34. The Morgan fingerprint density at radius 1 is 1.10 bits per heavy atom. The first-order valence-electron chi connectivity index (χ1n) is 13.4. The molecule has 222 valence electrons. The van der Waals surface area contributed by atoms with Crippen LogP contribution in [0.5, 0.6) is 5.75 Å². The molecule has 0 atom stereocenters. The first kappa shape index (κ1) is 31.1. The molecule has 2 fully saturated rings. The van der Waals surface area contributed by atoms with Crippen LogP contribution in [0.15, 0.2) is 47.4 Å². The van der Waals surface area contributed by atoms with Crippen LogP contribution in [0.3, 0.4) is 0 Å². The maximum atomic E-state index is 12.9. The summed E-state index contributed by atoms with van der Waals surface area (Å²) in [6.45, 7) is 3.71. The van der Waals surface area contributed by atoms with E-state index in [1.807, 2.05) is 6.92 Å². The number of esters is 1. The summed E-state index contributed by atoms with van der Waals surface area (Å²) in [5.41, 5.74) is 0.999. The summed E-state index contributed by atoms with van der Waals surface area (Å²) in [5, 5.41) is 2.17. The average molecular weight is 616 g/mol. The maximum Gasteiger partial charge on any atom is 0.339 e. The van der Waals surface area contributed by atoms with Crippen molar-refractivity contribution in [1.29, 1.82) is 0 Å². The third-order valence-corrected chi connectivity index (χ3v) is 7.52. The molecule has 4 amide bonds. The molecule has 4 rings (SSSR count). The largest absolute Gasteiger partial charge is 0.484 e. The van der Waals surface area contributed by atoms with Crippen molar-refractivity contribution in [2.75, 3.05) is 51.4 Å². The smallest absolute Gasteiger partial charge is 0.339 e. The molecule has 2 aliphatic rings. The fourth-order valence-electron chi connectivity index (χ4n) is 3.99. The molecule has 0 bridgehead atoms. The highest BCUT2D eigenvalue weighted by Gasteiger charge is 2.36. The monoisotopic (exact) mass is 615 g/mol. The van der Waals surface area contributed by atoms with Gasteiger partial charge in [-0.05, 0) is 60.2 Å². The van der Waals surface area contributed by atoms with Gasteiger partial charge in [-0.1, -0.05) is 37.1 Å². The van der Waals surface area contributed by atoms with Crippen molar-refractivity contribution < 1.29 is 38.2 Å². The van der Waals surface area contributed by atoms with Gasteiger partial charge in [0.05, 0.1) is 35.3 Å². The van der Waals surface area contributed by atoms with Crippen LogP contribution in [-0.2, 0) is 23.9 Å². The van der Waals surface area contributed by atoms with Crippen LogP contribution in [-0.4, -0.2) is 84.8 Å². The number of morpholine rings is 1. The Kier molecular flexibility index (Phi) is 11.0. The molecule has 2 aliphatic heterocycles. The van der Waals surface area contributed by atoms with Crippen LogP contribution in [0, 0.1) is 0 Å². The van der Waals surface area contributed by atoms with Gasteiger partial charge in [-0.3, -0.25) is 24.1 Å². The van der Waals surface area contributed by atoms with E-state index in [2.05, 4.69) is 5.32 Å². The number of unbranched alkanes of at least 4 members (excludes halogenated alkanes) is 1. The summed E-state index contributed by atoms with van der Waals surface area (Å²) in [4.78, 5) is 65.3. The Morgan fingerprint density at radius 3 is 2.55 bits per heavy atom. The highest BCUT2D eigenvalue weighted by atomic mass is 35.5. The second-order valence-corrected chi connectivity index (χ2v) is 10.8. The van der Waals surface area contributed by atoms with E-state index in [-0.39, 0.29) is 40.3 Å². The molecule has 1 N–H and O–H groups in total. The topological polar surface area (TPSA) is 132 Å². The standard InChI is InChI=1S/C29H30ClN3O8S/c1-2-3-12-40-28(37)22-16-20(6-9-23(22)30)31-25(34)17-33-27(36)24(42-29(33)38)15-19-4-7-21(8-5-19)41-18-26(35)32-10-13-39-14-11-32/h4-9,15-16H,2-3,10-14,17-18H2,1H3,(H,31,34)/b24-15+. The number of nitrogens with zero attached hydrogens (tertiary/aromatic N) is 2. The number of carbonyl (C=O) groups is 5. The number of carbonyl (C=O) groups excluding carboxylic acids is 5. The van der Waals surface area contributed by atoms with Crippen molar-refractivity contribution in [2.45, 2.75) is 19.8 Å². The van der Waals surface area contributed by atoms with Gasteiger partial charge in [0.1, 0.15) is 12.3 Å². The number of anilines is 1. The van der Waals surface area contributed by atoms with Crippen molar-refractivity contribution in [3.63, 3.8) is 0 Å². The van der Waals surface area contributed by atoms with Crippen LogP contribution in [0.25, 0.3) is 6.08 Å². The number of rotatable bonds is 11. The van der Waals surface area contributed by atoms with Gasteiger partial charge in [-0.2, -0.15) is 0 Å². The van der Waals surface area contributed by atoms with Gasteiger partial charge in [0.25, 0.3) is 17.1 Å². The van der Waals surface area contributed by atoms with Crippen molar-refractivity contribution in [3.05, 3.63) is 63.5 Å². The van der Waals surface area contributed by atoms with E-state index in [0.717, 1.165) is 23.1 Å². The van der Waals surface area contributed by atoms with Crippen LogP contribution in [0.1, 0.15) is 35.7 Å². The molecule has 0 radical (unpaired) electrons. The predicted octanol–water partition coefficient (Wildman–Crippen LogP) is 4.21. The number of amides is 4. The fraction of sp³-hybridized carbons (Fsp3) is 0.345. The number of hydrogen-bond acceptors (Lipinski definition) is 9. The lowest BCUT2D eigenvalue weighted by Crippen LogP contribution is -2.42. The summed E-state index contributed by atoms with van der Waals surface area (Å²) in [6, 6.07) is 11.1. The molecule has 13 heteroatoms. The molecule has 0 spiro atoms. The number of imide groups is 1. The van der Waals surface area contributed by atoms with Gasteiger partial charge in [0.2, 0.25) is 5.91 Å². The summed E-state index contributed by atoms with van der Waals surface area (Å²) in [6.07, 6.45) is 3.12. The lowest BCUT2D eigenvalue weighted by atomic mass is 10.2. The Balaban J connectivity index is 1.31. The Bertz CT molecular complexity index is 1380. The summed E-state index contributed by atoms with van der Waals surface area (Å²) >= 11 is 6.84. The minimum absolute atomic E-state index is 0.0966. The van der Waals surface area contributed by atoms with Gasteiger partial charge in [-0.25, -0.2) is 4.79 Å². The molecular weight excluding hydrogens is 586 g/mol. The van der Waals surface area contributed by atoms with Gasteiger partial charge < -0.3 is 24.4 Å². The lowest BCUT2D eigenvalue weighted by Gasteiger charge is -2.26. The van der Waals surface area contributed by atoms with Gasteiger partial charge in [-0.15, -0.1) is 0 Å². The summed E-state index contributed by atoms with van der Waals surface area (Å²) < 4.78 is 16.0. The van der Waals surface area contributed by atoms with Crippen LogP contribution in [0.4, 0.5) is 10.5 Å². The van der Waals surface area contributed by atoms with E-state index in [1.54, 1.807) is 35.2 Å². The molecule has 2 aromatic carbocycles. The molecule has 42 heavy (non-hydrogen) atoms. The second-order valence-electron chi connectivity index (χ2n) is 9.35. The maximum absolute atomic E-state index is 12.9. The third-order valence-electron chi connectivity index (χ3n) is 6.28. The highest BCUT2D eigenvalue weighted by Crippen LogP contribution is 2.32. The quantitative estimate of drug-likeness (QED) is 0.224. The van der Waals surface area contributed by atoms with E-state index in [1.165, 1.54) is 18.2 Å². The van der Waals surface area contributed by atoms with E-state index >= 15 is 0 Å². The molecule has 0 aliphatic carbocycles. The lowest BCUT2D eigenvalue weighted by molar-refractivity contribution is -0.137. The highest BCUT2D eigenvalue weighted by molar-refractivity contribution is 8.18. The molecule has 0 aromatic heterocycles. The van der Waals surface area contributed by atoms with Crippen molar-refractivity contribution in [3.8, 4) is 5.75 Å². The van der Waals surface area contributed by atoms with Gasteiger partial charge in [0.15, 0.2) is 6.61 Å². The van der Waals surface area contributed by atoms with Gasteiger partial charge in [0, 0.05) is 18.8 Å². The molecular formula is C29H30ClN3O8S. The van der Waals surface area contributed by atoms with E-state index in [9.17, 15) is 24.0 Å². The van der Waals surface area contributed by atoms with Gasteiger partial charge >= 0.3 is 5.97 Å². The predicted molar refractivity (Wildman–Crippen MR) is 157 cm³/mol. The van der Waals surface area contributed by atoms with E-state index in [4.69, 9.17) is 25.8 Å². The Morgan fingerprint density at radius 2 is 1.83 bits per heavy atom. The number of thioether (sulfide) groups is 1. The van der Waals surface area contributed by atoms with Crippen LogP contribution >= 0.6 is 23.4 Å². The zero-order chi connectivity index (χ0) is 30.1. The SMILES string of the molecule is CCCCOC(=O)c1cc(NC(=O)CN2C(=O)S/C(=C/c3ccc(OCC(=O)N4CCOCC4)cc3)C2=O)ccc1Cl. The van der Waals surface area contributed by atoms with Crippen LogP contribution in [0.2, 0.25) is 5.02 Å². The number of halogens is 1. The number of benzene rings is 2. The van der Waals surface area contributed by atoms with Crippen LogP contribution < -0.4 is 10.1 Å². The fourth-order valence-corrected chi connectivity index (χ4v) is 5.02. The average Bonchev–Trinajstić information content (AvgIpc) is 3.25. The normalized spacial score (nSPS) is 16.1. The van der Waals surface area contributed by atoms with Crippen molar-refractivity contribution >= 4 is 64.1 Å². The zero-order valence-corrected chi connectivity index (χ0v) is 24.5. The number of ether oxygens (including phenoxy) is 3. The Labute approximate surface area is 252 Å². The van der Waals surface area contributed by atoms with Crippen molar-refractivity contribution in [2.24, 2.45) is 0 Å².